The van der Waals surface area contributed by atoms with Crippen LogP contribution in [0.15, 0.2) is 42.5 Å². The van der Waals surface area contributed by atoms with Crippen LogP contribution < -0.4 is 15.4 Å². The number of aliphatic hydroxyl groups excluding tert-OH is 1. The normalized spacial score (nSPS) is 13.7. The molecule has 0 aliphatic rings. The smallest absolute Gasteiger partial charge is 0.407 e. The Hall–Kier alpha value is -2.76. The zero-order valence-corrected chi connectivity index (χ0v) is 20.4. The lowest BCUT2D eigenvalue weighted by Gasteiger charge is -2.27. The van der Waals surface area contributed by atoms with Crippen LogP contribution in [0.3, 0.4) is 0 Å². The van der Waals surface area contributed by atoms with Crippen molar-refractivity contribution in [1.29, 1.82) is 0 Å². The molecule has 188 valence electrons. The lowest BCUT2D eigenvalue weighted by atomic mass is 10.0. The highest BCUT2D eigenvalue weighted by molar-refractivity contribution is 7.92. The first kappa shape index (κ1) is 27.5. The fourth-order valence-electron chi connectivity index (χ4n) is 3.19. The third-order valence-electron chi connectivity index (χ3n) is 4.46. The third kappa shape index (κ3) is 10.4. The standard InChI is InChI=1S/C23H31F2N3O5S/c1-23(2,3)33-22(30)27-20(11-16-8-17(24)12-18(25)9-16)21(29)14-26-13-15-6-5-7-19(10-15)28-34(4,31)32/h5-10,12,20-21,26,28-29H,11,13-14H2,1-4H3,(H,27,30)/t20-,21?/m0/s1. The summed E-state index contributed by atoms with van der Waals surface area (Å²) in [6.45, 7) is 5.39. The summed E-state index contributed by atoms with van der Waals surface area (Å²) < 4.78 is 57.7. The van der Waals surface area contributed by atoms with Gasteiger partial charge in [0.05, 0.1) is 18.4 Å². The zero-order chi connectivity index (χ0) is 25.5. The summed E-state index contributed by atoms with van der Waals surface area (Å²) in [5, 5.41) is 16.3. The number of aliphatic hydroxyl groups is 1. The number of ether oxygens (including phenoxy) is 1. The Morgan fingerprint density at radius 2 is 1.74 bits per heavy atom. The second-order valence-corrected chi connectivity index (χ2v) is 10.8. The van der Waals surface area contributed by atoms with Gasteiger partial charge in [-0.25, -0.2) is 22.0 Å². The van der Waals surface area contributed by atoms with Gasteiger partial charge in [-0.15, -0.1) is 0 Å². The summed E-state index contributed by atoms with van der Waals surface area (Å²) in [6.07, 6.45) is -0.884. The molecule has 0 bridgehead atoms. The highest BCUT2D eigenvalue weighted by Crippen LogP contribution is 2.14. The van der Waals surface area contributed by atoms with E-state index < -0.39 is 45.5 Å². The van der Waals surface area contributed by atoms with Gasteiger partial charge < -0.3 is 20.5 Å². The number of rotatable bonds is 10. The Labute approximate surface area is 198 Å². The van der Waals surface area contributed by atoms with Crippen molar-refractivity contribution in [2.45, 2.75) is 51.5 Å². The number of benzene rings is 2. The van der Waals surface area contributed by atoms with E-state index in [2.05, 4.69) is 15.4 Å². The fraction of sp³-hybridized carbons (Fsp3) is 0.435. The highest BCUT2D eigenvalue weighted by atomic mass is 32.2. The molecule has 2 aromatic rings. The molecule has 0 spiro atoms. The number of nitrogens with one attached hydrogen (secondary N) is 3. The maximum Gasteiger partial charge on any atom is 0.407 e. The Balaban J connectivity index is 2.06. The predicted octanol–water partition coefficient (Wildman–Crippen LogP) is 2.92. The van der Waals surface area contributed by atoms with Crippen molar-refractivity contribution < 1.29 is 31.8 Å². The van der Waals surface area contributed by atoms with Crippen LogP contribution in [0.5, 0.6) is 0 Å². The molecule has 4 N–H and O–H groups in total. The molecule has 0 fully saturated rings. The Kier molecular flexibility index (Phi) is 9.37. The predicted molar refractivity (Wildman–Crippen MR) is 126 cm³/mol. The highest BCUT2D eigenvalue weighted by Gasteiger charge is 2.25. The molecule has 0 aliphatic heterocycles. The molecule has 8 nitrogen and oxygen atoms in total. The largest absolute Gasteiger partial charge is 0.444 e. The van der Waals surface area contributed by atoms with E-state index in [4.69, 9.17) is 4.74 Å². The van der Waals surface area contributed by atoms with Gasteiger partial charge >= 0.3 is 6.09 Å². The van der Waals surface area contributed by atoms with Crippen molar-refractivity contribution in [3.05, 3.63) is 65.2 Å². The molecule has 1 amide bonds. The van der Waals surface area contributed by atoms with Crippen molar-refractivity contribution >= 4 is 21.8 Å². The topological polar surface area (TPSA) is 117 Å². The summed E-state index contributed by atoms with van der Waals surface area (Å²) in [6, 6.07) is 8.82. The first-order valence-electron chi connectivity index (χ1n) is 10.6. The van der Waals surface area contributed by atoms with Crippen LogP contribution in [0.2, 0.25) is 0 Å². The molecular weight excluding hydrogens is 468 g/mol. The average Bonchev–Trinajstić information content (AvgIpc) is 2.64. The second-order valence-electron chi connectivity index (χ2n) is 9.01. The maximum atomic E-state index is 13.6. The number of alkyl carbamates (subject to hydrolysis) is 1. The zero-order valence-electron chi connectivity index (χ0n) is 19.6. The van der Waals surface area contributed by atoms with Gasteiger partial charge in [0.1, 0.15) is 17.2 Å². The molecule has 1 unspecified atom stereocenters. The van der Waals surface area contributed by atoms with Gasteiger partial charge in [-0.05, 0) is 62.6 Å². The summed E-state index contributed by atoms with van der Waals surface area (Å²) in [5.41, 5.74) is 0.648. The van der Waals surface area contributed by atoms with E-state index in [1.54, 1.807) is 45.0 Å². The van der Waals surface area contributed by atoms with E-state index >= 15 is 0 Å². The molecule has 0 saturated carbocycles. The van der Waals surface area contributed by atoms with Crippen LogP contribution in [-0.2, 0) is 27.7 Å². The van der Waals surface area contributed by atoms with E-state index in [0.29, 0.717) is 12.2 Å². The number of amides is 1. The molecule has 2 aromatic carbocycles. The molecule has 11 heteroatoms. The minimum absolute atomic E-state index is 0.0298. The molecule has 0 heterocycles. The number of halogens is 2. The molecule has 2 rings (SSSR count). The maximum absolute atomic E-state index is 13.6. The van der Waals surface area contributed by atoms with Gasteiger partial charge in [-0.3, -0.25) is 4.72 Å². The molecule has 0 aromatic heterocycles. The first-order chi connectivity index (χ1) is 15.7. The quantitative estimate of drug-likeness (QED) is 0.400. The van der Waals surface area contributed by atoms with Gasteiger partial charge in [-0.2, -0.15) is 0 Å². The van der Waals surface area contributed by atoms with Crippen LogP contribution >= 0.6 is 0 Å². The van der Waals surface area contributed by atoms with Crippen LogP contribution in [0.4, 0.5) is 19.3 Å². The number of anilines is 1. The summed E-state index contributed by atoms with van der Waals surface area (Å²) in [7, 11) is -3.42. The Morgan fingerprint density at radius 3 is 2.32 bits per heavy atom. The first-order valence-corrected chi connectivity index (χ1v) is 12.5. The summed E-state index contributed by atoms with van der Waals surface area (Å²) in [5.74, 6) is -1.53. The summed E-state index contributed by atoms with van der Waals surface area (Å²) >= 11 is 0. The average molecular weight is 500 g/mol. The minimum Gasteiger partial charge on any atom is -0.444 e. The second kappa shape index (κ2) is 11.6. The molecule has 2 atom stereocenters. The van der Waals surface area contributed by atoms with E-state index in [1.807, 2.05) is 0 Å². The molecular formula is C23H31F2N3O5S. The Bertz CT molecular complexity index is 1070. The van der Waals surface area contributed by atoms with Gasteiger partial charge in [0.15, 0.2) is 0 Å². The molecule has 34 heavy (non-hydrogen) atoms. The van der Waals surface area contributed by atoms with Crippen LogP contribution in [0.25, 0.3) is 0 Å². The lowest BCUT2D eigenvalue weighted by molar-refractivity contribution is 0.0422. The van der Waals surface area contributed by atoms with Crippen molar-refractivity contribution in [3.63, 3.8) is 0 Å². The van der Waals surface area contributed by atoms with Gasteiger partial charge in [-0.1, -0.05) is 12.1 Å². The number of hydrogen-bond acceptors (Lipinski definition) is 6. The number of carbonyl (C=O) groups excluding carboxylic acids is 1. The minimum atomic E-state index is -3.42. The molecule has 0 saturated heterocycles. The van der Waals surface area contributed by atoms with Crippen LogP contribution in [0.1, 0.15) is 31.9 Å². The molecule has 0 radical (unpaired) electrons. The molecule has 0 aliphatic carbocycles. The van der Waals surface area contributed by atoms with Gasteiger partial charge in [0.25, 0.3) is 0 Å². The third-order valence-corrected chi connectivity index (χ3v) is 5.06. The van der Waals surface area contributed by atoms with Crippen molar-refractivity contribution in [3.8, 4) is 0 Å². The van der Waals surface area contributed by atoms with Crippen LogP contribution in [-0.4, -0.2) is 50.2 Å². The summed E-state index contributed by atoms with van der Waals surface area (Å²) in [4.78, 5) is 12.3. The number of carbonyl (C=O) groups is 1. The lowest BCUT2D eigenvalue weighted by Crippen LogP contribution is -2.49. The fourth-order valence-corrected chi connectivity index (χ4v) is 3.75. The van der Waals surface area contributed by atoms with E-state index in [-0.39, 0.29) is 18.5 Å². The van der Waals surface area contributed by atoms with Gasteiger partial charge in [0.2, 0.25) is 10.0 Å². The van der Waals surface area contributed by atoms with Crippen LogP contribution in [0, 0.1) is 11.6 Å². The van der Waals surface area contributed by atoms with Gasteiger partial charge in [0, 0.05) is 24.8 Å². The van der Waals surface area contributed by atoms with E-state index in [1.165, 1.54) is 0 Å². The number of sulfonamides is 1. The Morgan fingerprint density at radius 1 is 1.09 bits per heavy atom. The monoisotopic (exact) mass is 499 g/mol. The van der Waals surface area contributed by atoms with Crippen molar-refractivity contribution in [1.82, 2.24) is 10.6 Å². The van der Waals surface area contributed by atoms with Crippen molar-refractivity contribution in [2.75, 3.05) is 17.5 Å². The number of hydrogen-bond donors (Lipinski definition) is 4. The van der Waals surface area contributed by atoms with E-state index in [0.717, 1.165) is 30.0 Å². The SMILES string of the molecule is CC(C)(C)OC(=O)N[C@@H](Cc1cc(F)cc(F)c1)C(O)CNCc1cccc(NS(C)(=O)=O)c1. The van der Waals surface area contributed by atoms with Crippen molar-refractivity contribution in [2.24, 2.45) is 0 Å². The van der Waals surface area contributed by atoms with E-state index in [9.17, 15) is 27.1 Å².